The quantitative estimate of drug-likeness (QED) is 0.632. The molecule has 1 aliphatic carbocycles. The van der Waals surface area contributed by atoms with Crippen molar-refractivity contribution in [3.63, 3.8) is 0 Å². The highest BCUT2D eigenvalue weighted by Gasteiger charge is 2.59. The molecule has 0 radical (unpaired) electrons. The molecule has 1 aromatic heterocycles. The monoisotopic (exact) mass is 488 g/mol. The number of pyridine rings is 1. The Kier molecular flexibility index (Phi) is 5.79. The number of urea groups is 1. The first kappa shape index (κ1) is 23.2. The second-order valence-corrected chi connectivity index (χ2v) is 10.5. The summed E-state index contributed by atoms with van der Waals surface area (Å²) in [6.45, 7) is 2.06. The van der Waals surface area contributed by atoms with Crippen LogP contribution in [0.2, 0.25) is 0 Å². The highest BCUT2D eigenvalue weighted by molar-refractivity contribution is 6.07. The van der Waals surface area contributed by atoms with E-state index in [2.05, 4.69) is 10.3 Å². The zero-order valence-corrected chi connectivity index (χ0v) is 20.4. The molecule has 3 saturated heterocycles. The van der Waals surface area contributed by atoms with Crippen LogP contribution in [0.5, 0.6) is 0 Å². The van der Waals surface area contributed by atoms with E-state index in [-0.39, 0.29) is 36.4 Å². The van der Waals surface area contributed by atoms with Gasteiger partial charge < -0.3 is 15.0 Å². The van der Waals surface area contributed by atoms with Crippen molar-refractivity contribution in [2.24, 2.45) is 5.92 Å². The fourth-order valence-electron chi connectivity index (χ4n) is 6.38. The molecule has 188 valence electrons. The number of carbonyl (C=O) groups excluding carboxylic acids is 3. The van der Waals surface area contributed by atoms with E-state index in [4.69, 9.17) is 4.74 Å². The molecule has 4 amide bonds. The van der Waals surface area contributed by atoms with E-state index in [0.717, 1.165) is 31.2 Å². The van der Waals surface area contributed by atoms with Crippen LogP contribution < -0.4 is 5.32 Å². The van der Waals surface area contributed by atoms with Crippen molar-refractivity contribution < 1.29 is 19.1 Å². The van der Waals surface area contributed by atoms with E-state index < -0.39 is 11.0 Å². The first-order valence-corrected chi connectivity index (χ1v) is 13.1. The highest BCUT2D eigenvalue weighted by atomic mass is 16.5. The molecule has 1 aromatic carbocycles. The number of rotatable bonds is 6. The number of likely N-dealkylation sites (tertiary alicyclic amines) is 1. The molecule has 3 aliphatic heterocycles. The molecule has 0 unspecified atom stereocenters. The van der Waals surface area contributed by atoms with Gasteiger partial charge in [0.25, 0.3) is 5.91 Å². The summed E-state index contributed by atoms with van der Waals surface area (Å²) >= 11 is 0. The van der Waals surface area contributed by atoms with Gasteiger partial charge in [-0.15, -0.1) is 0 Å². The minimum atomic E-state index is -1.17. The Morgan fingerprint density at radius 1 is 1.03 bits per heavy atom. The normalized spacial score (nSPS) is 27.8. The summed E-state index contributed by atoms with van der Waals surface area (Å²) in [6, 6.07) is 13.3. The molecule has 4 aliphatic rings. The van der Waals surface area contributed by atoms with Crippen LogP contribution in [0.3, 0.4) is 0 Å². The summed E-state index contributed by atoms with van der Waals surface area (Å²) in [5.41, 5.74) is 0.221. The van der Waals surface area contributed by atoms with Crippen molar-refractivity contribution >= 4 is 17.8 Å². The van der Waals surface area contributed by atoms with Gasteiger partial charge >= 0.3 is 6.03 Å². The zero-order chi connectivity index (χ0) is 24.8. The van der Waals surface area contributed by atoms with Crippen LogP contribution in [0.25, 0.3) is 0 Å². The van der Waals surface area contributed by atoms with Crippen LogP contribution >= 0.6 is 0 Å². The first-order valence-electron chi connectivity index (χ1n) is 13.1. The topological polar surface area (TPSA) is 91.8 Å². The van der Waals surface area contributed by atoms with Gasteiger partial charge in [0.15, 0.2) is 5.54 Å². The largest absolute Gasteiger partial charge is 0.376 e. The smallest absolute Gasteiger partial charge is 0.325 e. The van der Waals surface area contributed by atoms with Gasteiger partial charge in [0.05, 0.1) is 18.1 Å². The van der Waals surface area contributed by atoms with Crippen molar-refractivity contribution in [3.05, 3.63) is 66.0 Å². The minimum Gasteiger partial charge on any atom is -0.376 e. The van der Waals surface area contributed by atoms with Crippen LogP contribution in [0, 0.1) is 5.92 Å². The minimum absolute atomic E-state index is 0.114. The molecule has 2 atom stereocenters. The maximum atomic E-state index is 14.0. The molecule has 4 heterocycles. The third kappa shape index (κ3) is 3.70. The van der Waals surface area contributed by atoms with E-state index in [1.807, 2.05) is 41.3 Å². The molecular formula is C28H32N4O4. The van der Waals surface area contributed by atoms with Crippen LogP contribution in [0.1, 0.15) is 49.7 Å². The molecule has 0 bridgehead atoms. The number of ether oxygens (including phenoxy) is 1. The molecule has 1 saturated carbocycles. The van der Waals surface area contributed by atoms with E-state index in [0.29, 0.717) is 38.1 Å². The molecule has 0 spiro atoms. The van der Waals surface area contributed by atoms with E-state index in [1.54, 1.807) is 18.5 Å². The van der Waals surface area contributed by atoms with E-state index in [1.165, 1.54) is 4.90 Å². The number of nitrogens with one attached hydrogen (secondary N) is 1. The van der Waals surface area contributed by atoms with Crippen molar-refractivity contribution in [2.75, 3.05) is 26.2 Å². The predicted octanol–water partition coefficient (Wildman–Crippen LogP) is 2.98. The Bertz CT molecular complexity index is 1140. The van der Waals surface area contributed by atoms with Crippen LogP contribution in [-0.2, 0) is 25.3 Å². The number of hydrogen-bond donors (Lipinski definition) is 1. The summed E-state index contributed by atoms with van der Waals surface area (Å²) in [5, 5.41) is 3.08. The SMILES string of the molecule is O=C1N[C@](c2cccnc2)(C2CCN(C(=O)C3(c4ccccc4)CC3)CC2)C(=O)N1C[C@H]1CCCO1. The van der Waals surface area contributed by atoms with Gasteiger partial charge in [0.2, 0.25) is 5.91 Å². The number of hydrogen-bond acceptors (Lipinski definition) is 5. The van der Waals surface area contributed by atoms with Crippen LogP contribution in [0.15, 0.2) is 54.9 Å². The average molecular weight is 489 g/mol. The predicted molar refractivity (Wildman–Crippen MR) is 132 cm³/mol. The molecule has 8 nitrogen and oxygen atoms in total. The van der Waals surface area contributed by atoms with Gasteiger partial charge in [-0.25, -0.2) is 4.79 Å². The lowest BCUT2D eigenvalue weighted by atomic mass is 9.73. The van der Waals surface area contributed by atoms with E-state index >= 15 is 0 Å². The third-order valence-corrected chi connectivity index (χ3v) is 8.54. The van der Waals surface area contributed by atoms with Crippen molar-refractivity contribution in [1.82, 2.24) is 20.1 Å². The molecule has 1 N–H and O–H groups in total. The summed E-state index contributed by atoms with van der Waals surface area (Å²) in [4.78, 5) is 48.2. The number of nitrogens with zero attached hydrogens (tertiary/aromatic N) is 3. The lowest BCUT2D eigenvalue weighted by Gasteiger charge is -2.41. The van der Waals surface area contributed by atoms with Gasteiger partial charge in [-0.2, -0.15) is 0 Å². The molecule has 36 heavy (non-hydrogen) atoms. The maximum absolute atomic E-state index is 14.0. The molecule has 6 rings (SSSR count). The second kappa shape index (κ2) is 9.00. The fourth-order valence-corrected chi connectivity index (χ4v) is 6.38. The molecule has 8 heteroatoms. The lowest BCUT2D eigenvalue weighted by molar-refractivity contribution is -0.138. The summed E-state index contributed by atoms with van der Waals surface area (Å²) in [7, 11) is 0. The molecule has 2 aromatic rings. The van der Waals surface area contributed by atoms with E-state index in [9.17, 15) is 14.4 Å². The van der Waals surface area contributed by atoms with Crippen molar-refractivity contribution in [1.29, 1.82) is 0 Å². The van der Waals surface area contributed by atoms with Crippen molar-refractivity contribution in [2.45, 2.75) is 55.6 Å². The Morgan fingerprint density at radius 3 is 2.42 bits per heavy atom. The van der Waals surface area contributed by atoms with Crippen LogP contribution in [-0.4, -0.2) is 65.0 Å². The number of imide groups is 1. The first-order chi connectivity index (χ1) is 17.5. The number of aromatic nitrogens is 1. The van der Waals surface area contributed by atoms with Crippen LogP contribution in [0.4, 0.5) is 4.79 Å². The summed E-state index contributed by atoms with van der Waals surface area (Å²) in [5.74, 6) is -0.184. The number of carbonyl (C=O) groups is 3. The maximum Gasteiger partial charge on any atom is 0.325 e. The zero-order valence-electron chi connectivity index (χ0n) is 20.4. The number of amides is 4. The standard InChI is InChI=1S/C28H32N4O4/c33-24(27(12-13-27)20-6-2-1-3-7-20)31-15-10-21(11-16-31)28(22-8-4-14-29-18-22)25(34)32(26(35)30-28)19-23-9-5-17-36-23/h1-4,6-8,14,18,21,23H,5,9-13,15-17,19H2,(H,30,35)/t23-,28+/m1/s1. The van der Waals surface area contributed by atoms with Gasteiger partial charge in [0.1, 0.15) is 0 Å². The number of benzene rings is 1. The summed E-state index contributed by atoms with van der Waals surface area (Å²) < 4.78 is 5.72. The van der Waals surface area contributed by atoms with Gasteiger partial charge in [-0.1, -0.05) is 36.4 Å². The molecular weight excluding hydrogens is 456 g/mol. The van der Waals surface area contributed by atoms with Crippen molar-refractivity contribution in [3.8, 4) is 0 Å². The summed E-state index contributed by atoms with van der Waals surface area (Å²) in [6.07, 6.45) is 8.04. The van der Waals surface area contributed by atoms with Gasteiger partial charge in [-0.05, 0) is 56.1 Å². The Labute approximate surface area is 211 Å². The Balaban J connectivity index is 1.23. The second-order valence-electron chi connectivity index (χ2n) is 10.5. The molecule has 4 fully saturated rings. The highest BCUT2D eigenvalue weighted by Crippen LogP contribution is 2.50. The fraction of sp³-hybridized carbons (Fsp3) is 0.500. The number of piperidine rings is 1. The lowest BCUT2D eigenvalue weighted by Crippen LogP contribution is -2.55. The third-order valence-electron chi connectivity index (χ3n) is 8.54. The Morgan fingerprint density at radius 2 is 1.78 bits per heavy atom. The van der Waals surface area contributed by atoms with Gasteiger partial charge in [-0.3, -0.25) is 19.5 Å². The average Bonchev–Trinajstić information content (AvgIpc) is 3.50. The Hall–Kier alpha value is -3.26. The van der Waals surface area contributed by atoms with Gasteiger partial charge in [0, 0.05) is 37.7 Å².